The van der Waals surface area contributed by atoms with E-state index in [9.17, 15) is 4.79 Å². The molecule has 0 spiro atoms. The number of carbonyl (C=O) groups is 1. The van der Waals surface area contributed by atoms with Crippen LogP contribution in [-0.2, 0) is 4.79 Å². The second-order valence-electron chi connectivity index (χ2n) is 5.84. The van der Waals surface area contributed by atoms with Gasteiger partial charge in [-0.25, -0.2) is 0 Å². The molecule has 3 rings (SSSR count). The Balaban J connectivity index is 1.42. The van der Waals surface area contributed by atoms with Gasteiger partial charge in [0.2, 0.25) is 5.91 Å². The number of nitrogens with one attached hydrogen (secondary N) is 2. The van der Waals surface area contributed by atoms with Crippen molar-refractivity contribution in [3.8, 4) is 0 Å². The predicted molar refractivity (Wildman–Crippen MR) is 82.3 cm³/mol. The molecule has 0 unspecified atom stereocenters. The lowest BCUT2D eigenvalue weighted by molar-refractivity contribution is -0.127. The van der Waals surface area contributed by atoms with Gasteiger partial charge in [0.25, 0.3) is 0 Å². The van der Waals surface area contributed by atoms with Crippen molar-refractivity contribution in [2.24, 2.45) is 5.92 Å². The molecular formula is C15H23N5O. The van der Waals surface area contributed by atoms with Crippen LogP contribution in [0.5, 0.6) is 0 Å². The summed E-state index contributed by atoms with van der Waals surface area (Å²) >= 11 is 0. The number of hydrogen-bond acceptors (Lipinski definition) is 5. The molecule has 1 aromatic rings. The van der Waals surface area contributed by atoms with E-state index >= 15 is 0 Å². The SMILES string of the molecule is O=C(NCCNc1cc(N2CCCC2)cnn1)C1CCC1. The molecule has 2 aliphatic rings. The highest BCUT2D eigenvalue weighted by Crippen LogP contribution is 2.26. The van der Waals surface area contributed by atoms with Crippen LogP contribution in [0.15, 0.2) is 12.3 Å². The van der Waals surface area contributed by atoms with Crippen molar-refractivity contribution in [2.75, 3.05) is 36.4 Å². The van der Waals surface area contributed by atoms with E-state index in [1.165, 1.54) is 19.3 Å². The molecule has 1 aliphatic carbocycles. The van der Waals surface area contributed by atoms with E-state index in [1.54, 1.807) is 0 Å². The van der Waals surface area contributed by atoms with Crippen molar-refractivity contribution in [2.45, 2.75) is 32.1 Å². The normalized spacial score (nSPS) is 18.4. The Hall–Kier alpha value is -1.85. The van der Waals surface area contributed by atoms with Gasteiger partial charge in [-0.3, -0.25) is 4.79 Å². The summed E-state index contributed by atoms with van der Waals surface area (Å²) in [6.45, 7) is 3.51. The first kappa shape index (κ1) is 14.1. The monoisotopic (exact) mass is 289 g/mol. The third kappa shape index (κ3) is 3.62. The van der Waals surface area contributed by atoms with Crippen molar-refractivity contribution >= 4 is 17.4 Å². The first-order chi connectivity index (χ1) is 10.3. The van der Waals surface area contributed by atoms with Gasteiger partial charge in [-0.1, -0.05) is 6.42 Å². The van der Waals surface area contributed by atoms with Crippen LogP contribution in [0, 0.1) is 5.92 Å². The lowest BCUT2D eigenvalue weighted by Gasteiger charge is -2.24. The Kier molecular flexibility index (Phi) is 4.52. The molecule has 1 saturated heterocycles. The van der Waals surface area contributed by atoms with Gasteiger partial charge in [0.05, 0.1) is 11.9 Å². The molecule has 21 heavy (non-hydrogen) atoms. The number of amides is 1. The fraction of sp³-hybridized carbons (Fsp3) is 0.667. The molecule has 1 saturated carbocycles. The highest BCUT2D eigenvalue weighted by atomic mass is 16.1. The van der Waals surface area contributed by atoms with Gasteiger partial charge in [0.1, 0.15) is 0 Å². The number of aromatic nitrogens is 2. The molecule has 114 valence electrons. The molecule has 1 aromatic heterocycles. The molecular weight excluding hydrogens is 266 g/mol. The number of hydrogen-bond donors (Lipinski definition) is 2. The second-order valence-corrected chi connectivity index (χ2v) is 5.84. The van der Waals surface area contributed by atoms with Gasteiger partial charge < -0.3 is 15.5 Å². The van der Waals surface area contributed by atoms with E-state index in [4.69, 9.17) is 0 Å². The molecule has 0 bridgehead atoms. The van der Waals surface area contributed by atoms with Gasteiger partial charge in [-0.15, -0.1) is 5.10 Å². The maximum atomic E-state index is 11.7. The van der Waals surface area contributed by atoms with E-state index in [2.05, 4.69) is 25.7 Å². The van der Waals surface area contributed by atoms with Gasteiger partial charge in [-0.05, 0) is 25.7 Å². The van der Waals surface area contributed by atoms with Crippen LogP contribution < -0.4 is 15.5 Å². The summed E-state index contributed by atoms with van der Waals surface area (Å²) < 4.78 is 0. The number of rotatable bonds is 6. The Bertz CT molecular complexity index is 483. The maximum Gasteiger partial charge on any atom is 0.223 e. The number of nitrogens with zero attached hydrogens (tertiary/aromatic N) is 3. The summed E-state index contributed by atoms with van der Waals surface area (Å²) in [5, 5.41) is 14.3. The van der Waals surface area contributed by atoms with Crippen LogP contribution in [0.4, 0.5) is 11.5 Å². The summed E-state index contributed by atoms with van der Waals surface area (Å²) in [4.78, 5) is 14.0. The predicted octanol–water partition coefficient (Wildman–Crippen LogP) is 1.40. The summed E-state index contributed by atoms with van der Waals surface area (Å²) in [6.07, 6.45) is 7.59. The quantitative estimate of drug-likeness (QED) is 0.775. The Labute approximate surface area is 125 Å². The number of anilines is 2. The first-order valence-electron chi connectivity index (χ1n) is 7.92. The molecule has 2 heterocycles. The Morgan fingerprint density at radius 3 is 2.76 bits per heavy atom. The van der Waals surface area contributed by atoms with E-state index in [1.807, 2.05) is 12.3 Å². The standard InChI is InChI=1S/C15H23N5O/c21-15(12-4-3-5-12)17-7-6-16-14-10-13(11-18-19-14)20-8-1-2-9-20/h10-12H,1-9H2,(H,16,19)(H,17,21). The fourth-order valence-corrected chi connectivity index (χ4v) is 2.78. The minimum Gasteiger partial charge on any atom is -0.370 e. The molecule has 6 heteroatoms. The lowest BCUT2D eigenvalue weighted by Crippen LogP contribution is -2.36. The summed E-state index contributed by atoms with van der Waals surface area (Å²) in [5.74, 6) is 1.22. The van der Waals surface area contributed by atoms with E-state index < -0.39 is 0 Å². The van der Waals surface area contributed by atoms with Crippen LogP contribution in [0.25, 0.3) is 0 Å². The smallest absolute Gasteiger partial charge is 0.223 e. The average Bonchev–Trinajstić information content (AvgIpc) is 2.96. The third-order valence-corrected chi connectivity index (χ3v) is 4.32. The van der Waals surface area contributed by atoms with E-state index in [-0.39, 0.29) is 11.8 Å². The zero-order valence-electron chi connectivity index (χ0n) is 12.3. The van der Waals surface area contributed by atoms with Gasteiger partial charge in [0, 0.05) is 38.2 Å². The maximum absolute atomic E-state index is 11.7. The van der Waals surface area contributed by atoms with Crippen molar-refractivity contribution in [1.82, 2.24) is 15.5 Å². The van der Waals surface area contributed by atoms with Crippen LogP contribution in [-0.4, -0.2) is 42.3 Å². The summed E-state index contributed by atoms with van der Waals surface area (Å²) in [6, 6.07) is 2.03. The molecule has 0 atom stereocenters. The zero-order chi connectivity index (χ0) is 14.5. The van der Waals surface area contributed by atoms with Crippen molar-refractivity contribution in [1.29, 1.82) is 0 Å². The fourth-order valence-electron chi connectivity index (χ4n) is 2.78. The summed E-state index contributed by atoms with van der Waals surface area (Å²) in [7, 11) is 0. The van der Waals surface area contributed by atoms with Gasteiger partial charge in [0.15, 0.2) is 5.82 Å². The third-order valence-electron chi connectivity index (χ3n) is 4.32. The summed E-state index contributed by atoms with van der Waals surface area (Å²) in [5.41, 5.74) is 1.13. The highest BCUT2D eigenvalue weighted by molar-refractivity contribution is 5.79. The Morgan fingerprint density at radius 1 is 1.24 bits per heavy atom. The van der Waals surface area contributed by atoms with Crippen molar-refractivity contribution in [3.63, 3.8) is 0 Å². The zero-order valence-corrected chi connectivity index (χ0v) is 12.3. The van der Waals surface area contributed by atoms with Crippen LogP contribution in [0.1, 0.15) is 32.1 Å². The van der Waals surface area contributed by atoms with Crippen LogP contribution in [0.3, 0.4) is 0 Å². The minimum atomic E-state index is 0.194. The minimum absolute atomic E-state index is 0.194. The molecule has 1 amide bonds. The van der Waals surface area contributed by atoms with Crippen LogP contribution >= 0.6 is 0 Å². The van der Waals surface area contributed by atoms with E-state index in [0.29, 0.717) is 13.1 Å². The van der Waals surface area contributed by atoms with Crippen LogP contribution in [0.2, 0.25) is 0 Å². The molecule has 0 radical (unpaired) electrons. The van der Waals surface area contributed by atoms with Crippen molar-refractivity contribution in [3.05, 3.63) is 12.3 Å². The first-order valence-corrected chi connectivity index (χ1v) is 7.92. The lowest BCUT2D eigenvalue weighted by atomic mass is 9.85. The molecule has 2 N–H and O–H groups in total. The largest absolute Gasteiger partial charge is 0.370 e. The number of carbonyl (C=O) groups excluding carboxylic acids is 1. The molecule has 1 aliphatic heterocycles. The Morgan fingerprint density at radius 2 is 2.05 bits per heavy atom. The highest BCUT2D eigenvalue weighted by Gasteiger charge is 2.24. The topological polar surface area (TPSA) is 70.2 Å². The van der Waals surface area contributed by atoms with Gasteiger partial charge in [-0.2, -0.15) is 5.10 Å². The van der Waals surface area contributed by atoms with Crippen molar-refractivity contribution < 1.29 is 4.79 Å². The van der Waals surface area contributed by atoms with Gasteiger partial charge >= 0.3 is 0 Å². The average molecular weight is 289 g/mol. The van der Waals surface area contributed by atoms with E-state index in [0.717, 1.165) is 37.4 Å². The molecule has 0 aromatic carbocycles. The molecule has 2 fully saturated rings. The molecule has 6 nitrogen and oxygen atoms in total. The second kappa shape index (κ2) is 6.74.